The second-order valence-electron chi connectivity index (χ2n) is 4.48. The Bertz CT molecular complexity index is 233. The summed E-state index contributed by atoms with van der Waals surface area (Å²) in [7, 11) is 0. The van der Waals surface area contributed by atoms with Crippen molar-refractivity contribution in [3.05, 3.63) is 0 Å². The van der Waals surface area contributed by atoms with Crippen molar-refractivity contribution in [2.24, 2.45) is 16.9 Å². The van der Waals surface area contributed by atoms with Gasteiger partial charge in [0.25, 0.3) is 0 Å². The minimum Gasteiger partial charge on any atom is -0.368 e. The predicted octanol–water partition coefficient (Wildman–Crippen LogP) is -0.650. The van der Waals surface area contributed by atoms with Gasteiger partial charge in [-0.3, -0.25) is 9.59 Å². The zero-order valence-corrected chi connectivity index (χ0v) is 9.13. The topological polar surface area (TPSA) is 98.2 Å². The number of nitrogens with two attached hydrogens (primary N) is 2. The molecule has 0 aliphatic rings. The second-order valence-corrected chi connectivity index (χ2v) is 4.48. The molecule has 2 amide bonds. The molecular formula is C9H19N3O2. The zero-order valence-electron chi connectivity index (χ0n) is 9.13. The molecule has 0 aromatic rings. The van der Waals surface area contributed by atoms with Crippen molar-refractivity contribution in [3.8, 4) is 0 Å². The Morgan fingerprint density at radius 3 is 2.00 bits per heavy atom. The summed E-state index contributed by atoms with van der Waals surface area (Å²) in [5, 5.41) is 2.45. The summed E-state index contributed by atoms with van der Waals surface area (Å²) in [4.78, 5) is 22.1. The van der Waals surface area contributed by atoms with Crippen LogP contribution in [0, 0.1) is 5.41 Å². The van der Waals surface area contributed by atoms with Crippen molar-refractivity contribution >= 4 is 11.8 Å². The van der Waals surface area contributed by atoms with E-state index in [0.29, 0.717) is 0 Å². The van der Waals surface area contributed by atoms with Gasteiger partial charge in [-0.2, -0.15) is 0 Å². The van der Waals surface area contributed by atoms with E-state index in [1.807, 2.05) is 20.8 Å². The predicted molar refractivity (Wildman–Crippen MR) is 54.2 cm³/mol. The molecule has 0 aliphatic carbocycles. The quantitative estimate of drug-likeness (QED) is 0.566. The largest absolute Gasteiger partial charge is 0.368 e. The molecule has 82 valence electrons. The van der Waals surface area contributed by atoms with Gasteiger partial charge in [0.05, 0.1) is 6.04 Å². The molecule has 0 saturated heterocycles. The number of carbonyl (C=O) groups is 2. The van der Waals surface area contributed by atoms with Gasteiger partial charge in [0.15, 0.2) is 0 Å². The molecular weight excluding hydrogens is 182 g/mol. The molecule has 0 aromatic carbocycles. The Morgan fingerprint density at radius 2 is 1.71 bits per heavy atom. The molecule has 5 N–H and O–H groups in total. The maximum Gasteiger partial charge on any atom is 0.239 e. The van der Waals surface area contributed by atoms with E-state index in [2.05, 4.69) is 5.32 Å². The fraction of sp³-hybridized carbons (Fsp3) is 0.778. The van der Waals surface area contributed by atoms with Crippen LogP contribution in [0.15, 0.2) is 0 Å². The van der Waals surface area contributed by atoms with Crippen molar-refractivity contribution < 1.29 is 9.59 Å². The van der Waals surface area contributed by atoms with Crippen LogP contribution in [0.3, 0.4) is 0 Å². The van der Waals surface area contributed by atoms with E-state index in [1.165, 1.54) is 6.92 Å². The molecule has 0 bridgehead atoms. The third-order valence-corrected chi connectivity index (χ3v) is 2.00. The first-order valence-electron chi connectivity index (χ1n) is 4.51. The van der Waals surface area contributed by atoms with Crippen LogP contribution in [-0.2, 0) is 9.59 Å². The molecule has 0 aliphatic heterocycles. The first-order valence-corrected chi connectivity index (χ1v) is 4.51. The lowest BCUT2D eigenvalue weighted by Gasteiger charge is -2.26. The highest BCUT2D eigenvalue weighted by atomic mass is 16.2. The maximum atomic E-state index is 11.5. The van der Waals surface area contributed by atoms with Crippen molar-refractivity contribution in [2.45, 2.75) is 39.8 Å². The zero-order chi connectivity index (χ0) is 11.5. The van der Waals surface area contributed by atoms with Crippen LogP contribution in [0.2, 0.25) is 0 Å². The van der Waals surface area contributed by atoms with Gasteiger partial charge in [-0.25, -0.2) is 0 Å². The molecule has 0 fully saturated rings. The summed E-state index contributed by atoms with van der Waals surface area (Å²) in [5.74, 6) is -0.928. The van der Waals surface area contributed by atoms with Crippen molar-refractivity contribution in [1.82, 2.24) is 5.32 Å². The van der Waals surface area contributed by atoms with Gasteiger partial charge in [-0.15, -0.1) is 0 Å². The van der Waals surface area contributed by atoms with Gasteiger partial charge in [-0.1, -0.05) is 20.8 Å². The average Bonchev–Trinajstić information content (AvgIpc) is 2.00. The van der Waals surface area contributed by atoms with E-state index in [0.717, 1.165) is 0 Å². The number of hydrogen-bond donors (Lipinski definition) is 3. The summed E-state index contributed by atoms with van der Waals surface area (Å²) >= 11 is 0. The third kappa shape index (κ3) is 3.74. The Kier molecular flexibility index (Phi) is 4.07. The normalized spacial score (nSPS) is 15.8. The van der Waals surface area contributed by atoms with Crippen molar-refractivity contribution in [3.63, 3.8) is 0 Å². The van der Waals surface area contributed by atoms with Crippen molar-refractivity contribution in [1.29, 1.82) is 0 Å². The molecule has 0 saturated carbocycles. The highest BCUT2D eigenvalue weighted by molar-refractivity contribution is 5.88. The maximum absolute atomic E-state index is 11.5. The van der Waals surface area contributed by atoms with Crippen LogP contribution in [0.1, 0.15) is 27.7 Å². The van der Waals surface area contributed by atoms with E-state index in [-0.39, 0.29) is 11.3 Å². The van der Waals surface area contributed by atoms with E-state index < -0.39 is 18.0 Å². The van der Waals surface area contributed by atoms with Crippen LogP contribution in [0.4, 0.5) is 0 Å². The summed E-state index contributed by atoms with van der Waals surface area (Å²) in [6.07, 6.45) is 0. The first-order chi connectivity index (χ1) is 6.16. The molecule has 0 heterocycles. The van der Waals surface area contributed by atoms with Crippen LogP contribution in [0.25, 0.3) is 0 Å². The Hall–Kier alpha value is -1.10. The number of carbonyl (C=O) groups excluding carboxylic acids is 2. The molecule has 0 spiro atoms. The number of amides is 2. The van der Waals surface area contributed by atoms with Gasteiger partial charge in [0.1, 0.15) is 6.04 Å². The van der Waals surface area contributed by atoms with E-state index in [1.54, 1.807) is 0 Å². The van der Waals surface area contributed by atoms with Crippen LogP contribution in [-0.4, -0.2) is 23.9 Å². The third-order valence-electron chi connectivity index (χ3n) is 2.00. The minimum absolute atomic E-state index is 0.332. The first kappa shape index (κ1) is 12.9. The highest BCUT2D eigenvalue weighted by Crippen LogP contribution is 2.17. The van der Waals surface area contributed by atoms with Crippen LogP contribution < -0.4 is 16.8 Å². The summed E-state index contributed by atoms with van der Waals surface area (Å²) in [6, 6.07) is -1.33. The van der Waals surface area contributed by atoms with E-state index in [9.17, 15) is 9.59 Å². The fourth-order valence-electron chi connectivity index (χ4n) is 0.768. The lowest BCUT2D eigenvalue weighted by molar-refractivity contribution is -0.129. The van der Waals surface area contributed by atoms with Gasteiger partial charge < -0.3 is 16.8 Å². The number of primary amides is 1. The van der Waals surface area contributed by atoms with Gasteiger partial charge in [0.2, 0.25) is 11.8 Å². The smallest absolute Gasteiger partial charge is 0.239 e. The summed E-state index contributed by atoms with van der Waals surface area (Å²) in [5.41, 5.74) is 10.3. The van der Waals surface area contributed by atoms with Crippen LogP contribution >= 0.6 is 0 Å². The molecule has 14 heavy (non-hydrogen) atoms. The highest BCUT2D eigenvalue weighted by Gasteiger charge is 2.28. The van der Waals surface area contributed by atoms with Gasteiger partial charge in [0, 0.05) is 0 Å². The molecule has 1 unspecified atom stereocenters. The molecule has 0 radical (unpaired) electrons. The lowest BCUT2D eigenvalue weighted by Crippen LogP contribution is -2.53. The second kappa shape index (κ2) is 4.41. The Balaban J connectivity index is 4.29. The monoisotopic (exact) mass is 201 g/mol. The van der Waals surface area contributed by atoms with Gasteiger partial charge in [-0.05, 0) is 12.3 Å². The number of rotatable bonds is 3. The summed E-state index contributed by atoms with van der Waals surface area (Å²) < 4.78 is 0. The van der Waals surface area contributed by atoms with Crippen LogP contribution in [0.5, 0.6) is 0 Å². The molecule has 5 heteroatoms. The molecule has 0 rings (SSSR count). The standard InChI is InChI=1S/C9H19N3O2/c1-5(7(11)13)12-8(14)6(10)9(2,3)4/h5-6H,10H2,1-4H3,(H2,11,13)(H,12,14)/t5?,6-/m1/s1. The molecule has 2 atom stereocenters. The SMILES string of the molecule is CC(NC(=O)[C@@H](N)C(C)(C)C)C(N)=O. The van der Waals surface area contributed by atoms with Crippen molar-refractivity contribution in [2.75, 3.05) is 0 Å². The number of nitrogens with one attached hydrogen (secondary N) is 1. The average molecular weight is 201 g/mol. The fourth-order valence-corrected chi connectivity index (χ4v) is 0.768. The van der Waals surface area contributed by atoms with E-state index in [4.69, 9.17) is 11.5 Å². The van der Waals surface area contributed by atoms with Gasteiger partial charge >= 0.3 is 0 Å². The number of hydrogen-bond acceptors (Lipinski definition) is 3. The summed E-state index contributed by atoms with van der Waals surface area (Å²) in [6.45, 7) is 7.08. The minimum atomic E-state index is -0.684. The Morgan fingerprint density at radius 1 is 1.29 bits per heavy atom. The van der Waals surface area contributed by atoms with E-state index >= 15 is 0 Å². The molecule has 5 nitrogen and oxygen atoms in total. The lowest BCUT2D eigenvalue weighted by atomic mass is 9.87. The molecule has 0 aromatic heterocycles. The Labute approximate surface area is 84.2 Å².